The molecule has 1 aliphatic heterocycles. The second-order valence-electron chi connectivity index (χ2n) is 8.84. The number of carboxylic acids is 1. The number of aliphatic hydroxyl groups is 1. The topological polar surface area (TPSA) is 126 Å². The van der Waals surface area contributed by atoms with E-state index in [4.69, 9.17) is 11.6 Å². The van der Waals surface area contributed by atoms with Gasteiger partial charge < -0.3 is 25.0 Å². The molecule has 10 nitrogen and oxygen atoms in total. The van der Waals surface area contributed by atoms with Crippen LogP contribution in [0.2, 0.25) is 5.02 Å². The minimum atomic E-state index is -1.35. The average Bonchev–Trinajstić information content (AvgIpc) is 3.31. The zero-order chi connectivity index (χ0) is 24.0. The summed E-state index contributed by atoms with van der Waals surface area (Å²) in [7, 11) is 0. The summed E-state index contributed by atoms with van der Waals surface area (Å²) in [6.45, 7) is 1.66. The molecule has 2 aliphatic rings. The predicted octanol–water partition coefficient (Wildman–Crippen LogP) is 1.65. The molecular formula is C22H24ClFN6O4. The number of carbonyl (C=O) groups is 1. The van der Waals surface area contributed by atoms with E-state index in [1.165, 1.54) is 18.9 Å². The lowest BCUT2D eigenvalue weighted by Gasteiger charge is -2.24. The van der Waals surface area contributed by atoms with Gasteiger partial charge in [0.1, 0.15) is 24.0 Å². The van der Waals surface area contributed by atoms with E-state index in [0.717, 1.165) is 25.3 Å². The van der Waals surface area contributed by atoms with Crippen molar-refractivity contribution in [1.82, 2.24) is 24.6 Å². The normalized spacial score (nSPS) is 19.1. The molecule has 1 saturated heterocycles. The molecule has 2 fully saturated rings. The van der Waals surface area contributed by atoms with Crippen LogP contribution >= 0.6 is 11.6 Å². The van der Waals surface area contributed by atoms with Gasteiger partial charge in [0.25, 0.3) is 0 Å². The van der Waals surface area contributed by atoms with Crippen LogP contribution in [0, 0.1) is 5.82 Å². The SMILES string of the molecule is O=C(O)c1cn(C2CC2)c2c(Cl)c(N3CCC(NCC(O)Cn4cncn4)C3)c(F)cc2c1=O. The quantitative estimate of drug-likeness (QED) is 0.435. The first-order valence-corrected chi connectivity index (χ1v) is 11.5. The van der Waals surface area contributed by atoms with Crippen molar-refractivity contribution in [1.29, 1.82) is 0 Å². The standard InChI is InChI=1S/C22H24ClFN6O4/c23-18-19-15(21(32)16(22(33)34)9-30(19)13-1-2-13)5-17(24)20(18)28-4-3-12(7-28)26-6-14(31)8-29-11-25-10-27-29/h5,9-14,26,31H,1-4,6-8H2,(H,33,34). The van der Waals surface area contributed by atoms with Crippen LogP contribution in [0.5, 0.6) is 0 Å². The highest BCUT2D eigenvalue weighted by atomic mass is 35.5. The van der Waals surface area contributed by atoms with Gasteiger partial charge in [-0.2, -0.15) is 5.10 Å². The first kappa shape index (κ1) is 22.8. The van der Waals surface area contributed by atoms with Gasteiger partial charge in [-0.1, -0.05) is 11.6 Å². The number of fused-ring (bicyclic) bond motifs is 1. The van der Waals surface area contributed by atoms with Crippen LogP contribution in [-0.2, 0) is 6.54 Å². The van der Waals surface area contributed by atoms with Gasteiger partial charge in [-0.15, -0.1) is 0 Å². The Morgan fingerprint density at radius 1 is 1.35 bits per heavy atom. The smallest absolute Gasteiger partial charge is 0.341 e. The number of benzene rings is 1. The van der Waals surface area contributed by atoms with E-state index in [2.05, 4.69) is 15.4 Å². The first-order chi connectivity index (χ1) is 16.3. The van der Waals surface area contributed by atoms with Crippen LogP contribution in [0.3, 0.4) is 0 Å². The Morgan fingerprint density at radius 2 is 2.15 bits per heavy atom. The van der Waals surface area contributed by atoms with Crippen LogP contribution in [0.4, 0.5) is 10.1 Å². The van der Waals surface area contributed by atoms with E-state index >= 15 is 4.39 Å². The highest BCUT2D eigenvalue weighted by molar-refractivity contribution is 6.38. The molecule has 3 N–H and O–H groups in total. The molecule has 1 aromatic carbocycles. The summed E-state index contributed by atoms with van der Waals surface area (Å²) in [6.07, 6.45) is 6.00. The molecule has 0 bridgehead atoms. The highest BCUT2D eigenvalue weighted by Crippen LogP contribution is 2.42. The summed E-state index contributed by atoms with van der Waals surface area (Å²) in [4.78, 5) is 30.0. The second kappa shape index (κ2) is 8.97. The number of hydrogen-bond acceptors (Lipinski definition) is 7. The van der Waals surface area contributed by atoms with Crippen LogP contribution in [-0.4, -0.2) is 67.3 Å². The van der Waals surface area contributed by atoms with Crippen molar-refractivity contribution in [3.05, 3.63) is 51.5 Å². The van der Waals surface area contributed by atoms with Crippen LogP contribution in [0.1, 0.15) is 35.7 Å². The summed E-state index contributed by atoms with van der Waals surface area (Å²) in [5.41, 5.74) is -0.555. The van der Waals surface area contributed by atoms with E-state index in [0.29, 0.717) is 31.7 Å². The van der Waals surface area contributed by atoms with Gasteiger partial charge in [-0.25, -0.2) is 14.2 Å². The van der Waals surface area contributed by atoms with E-state index in [9.17, 15) is 19.8 Å². The second-order valence-corrected chi connectivity index (χ2v) is 9.22. The van der Waals surface area contributed by atoms with Gasteiger partial charge >= 0.3 is 5.97 Å². The summed E-state index contributed by atoms with van der Waals surface area (Å²) in [5.74, 6) is -2.01. The molecular weight excluding hydrogens is 467 g/mol. The number of pyridine rings is 1. The third-order valence-electron chi connectivity index (χ3n) is 6.37. The number of nitrogens with one attached hydrogen (secondary N) is 1. The third kappa shape index (κ3) is 4.26. The number of hydrogen-bond donors (Lipinski definition) is 3. The lowest BCUT2D eigenvalue weighted by Crippen LogP contribution is -2.39. The van der Waals surface area contributed by atoms with Gasteiger partial charge in [-0.3, -0.25) is 9.48 Å². The number of rotatable bonds is 8. The molecule has 34 heavy (non-hydrogen) atoms. The maximum absolute atomic E-state index is 15.2. The van der Waals surface area contributed by atoms with E-state index < -0.39 is 28.9 Å². The Morgan fingerprint density at radius 3 is 2.82 bits per heavy atom. The maximum atomic E-state index is 15.2. The van der Waals surface area contributed by atoms with Gasteiger partial charge in [0.05, 0.1) is 34.3 Å². The molecule has 12 heteroatoms. The molecule has 1 aliphatic carbocycles. The Bertz CT molecular complexity index is 1290. The molecule has 0 radical (unpaired) electrons. The number of aromatic carboxylic acids is 1. The van der Waals surface area contributed by atoms with Gasteiger partial charge in [-0.05, 0) is 25.3 Å². The summed E-state index contributed by atoms with van der Waals surface area (Å²) < 4.78 is 18.5. The molecule has 180 valence electrons. The van der Waals surface area contributed by atoms with Crippen molar-refractivity contribution >= 4 is 34.2 Å². The van der Waals surface area contributed by atoms with Crippen molar-refractivity contribution in [2.24, 2.45) is 0 Å². The van der Waals surface area contributed by atoms with Crippen molar-refractivity contribution in [2.45, 2.75) is 44.0 Å². The number of aromatic nitrogens is 4. The maximum Gasteiger partial charge on any atom is 0.341 e. The minimum Gasteiger partial charge on any atom is -0.477 e. The van der Waals surface area contributed by atoms with Crippen molar-refractivity contribution in [2.75, 3.05) is 24.5 Å². The Kier molecular flexibility index (Phi) is 6.00. The van der Waals surface area contributed by atoms with E-state index in [1.807, 2.05) is 4.90 Å². The molecule has 2 atom stereocenters. The Labute approximate surface area is 198 Å². The zero-order valence-corrected chi connectivity index (χ0v) is 19.0. The van der Waals surface area contributed by atoms with E-state index in [1.54, 1.807) is 9.25 Å². The minimum absolute atomic E-state index is 0.0107. The van der Waals surface area contributed by atoms with Crippen molar-refractivity contribution in [3.63, 3.8) is 0 Å². The lowest BCUT2D eigenvalue weighted by molar-refractivity contribution is 0.0694. The van der Waals surface area contributed by atoms with Gasteiger partial charge in [0.2, 0.25) is 5.43 Å². The number of halogens is 2. The Balaban J connectivity index is 1.39. The van der Waals surface area contributed by atoms with E-state index in [-0.39, 0.29) is 28.2 Å². The van der Waals surface area contributed by atoms with Crippen molar-refractivity contribution in [3.8, 4) is 0 Å². The van der Waals surface area contributed by atoms with Gasteiger partial charge in [0, 0.05) is 37.9 Å². The fourth-order valence-electron chi connectivity index (χ4n) is 4.55. The molecule has 1 saturated carbocycles. The average molecular weight is 491 g/mol. The molecule has 0 spiro atoms. The zero-order valence-electron chi connectivity index (χ0n) is 18.2. The van der Waals surface area contributed by atoms with Crippen molar-refractivity contribution < 1.29 is 19.4 Å². The van der Waals surface area contributed by atoms with Crippen LogP contribution < -0.4 is 15.6 Å². The number of anilines is 1. The van der Waals surface area contributed by atoms with Crippen LogP contribution in [0.15, 0.2) is 29.7 Å². The van der Waals surface area contributed by atoms with Gasteiger partial charge in [0.15, 0.2) is 0 Å². The summed E-state index contributed by atoms with van der Waals surface area (Å²) in [5, 5.41) is 27.0. The molecule has 3 aromatic rings. The molecule has 2 unspecified atom stereocenters. The Hall–Kier alpha value is -3.02. The molecule has 0 amide bonds. The first-order valence-electron chi connectivity index (χ1n) is 11.1. The summed E-state index contributed by atoms with van der Waals surface area (Å²) in [6, 6.07) is 1.15. The largest absolute Gasteiger partial charge is 0.477 e. The monoisotopic (exact) mass is 490 g/mol. The summed E-state index contributed by atoms with van der Waals surface area (Å²) >= 11 is 6.70. The van der Waals surface area contributed by atoms with Crippen LogP contribution in [0.25, 0.3) is 10.9 Å². The molecule has 3 heterocycles. The fourth-order valence-corrected chi connectivity index (χ4v) is 4.96. The molecule has 5 rings (SSSR count). The fraction of sp³-hybridized carbons (Fsp3) is 0.455. The predicted molar refractivity (Wildman–Crippen MR) is 123 cm³/mol. The number of carboxylic acid groups (broad SMARTS) is 1. The third-order valence-corrected chi connectivity index (χ3v) is 6.72. The highest BCUT2D eigenvalue weighted by Gasteiger charge is 2.32. The number of aliphatic hydroxyl groups excluding tert-OH is 1. The number of nitrogens with zero attached hydrogens (tertiary/aromatic N) is 5. The molecule has 2 aromatic heterocycles. The lowest BCUT2D eigenvalue weighted by atomic mass is 10.1.